The highest BCUT2D eigenvalue weighted by atomic mass is 35.5. The number of ether oxygens (including phenoxy) is 2. The van der Waals surface area contributed by atoms with Crippen molar-refractivity contribution in [3.63, 3.8) is 0 Å². The van der Waals surface area contributed by atoms with Gasteiger partial charge in [0.05, 0.1) is 18.2 Å². The van der Waals surface area contributed by atoms with Crippen molar-refractivity contribution >= 4 is 29.1 Å². The van der Waals surface area contributed by atoms with E-state index in [0.717, 1.165) is 6.07 Å². The number of carbonyl (C=O) groups is 2. The molecule has 6 nitrogen and oxygen atoms in total. The second-order valence-corrected chi connectivity index (χ2v) is 4.77. The van der Waals surface area contributed by atoms with Gasteiger partial charge in [0.15, 0.2) is 0 Å². The summed E-state index contributed by atoms with van der Waals surface area (Å²) in [6.45, 7) is 1.11. The van der Waals surface area contributed by atoms with Crippen molar-refractivity contribution in [2.75, 3.05) is 45.8 Å². The number of hydrogen-bond donors (Lipinski definition) is 1. The lowest BCUT2D eigenvalue weighted by Crippen LogP contribution is -2.43. The lowest BCUT2D eigenvalue weighted by molar-refractivity contribution is -0.144. The maximum Gasteiger partial charge on any atom is 0.313 e. The van der Waals surface area contributed by atoms with Gasteiger partial charge in [-0.2, -0.15) is 0 Å². The molecule has 0 aromatic heterocycles. The number of amides is 2. The quantitative estimate of drug-likeness (QED) is 0.769. The summed E-state index contributed by atoms with van der Waals surface area (Å²) in [5.41, 5.74) is 0.239. The van der Waals surface area contributed by atoms with E-state index in [9.17, 15) is 14.0 Å². The number of benzene rings is 1. The van der Waals surface area contributed by atoms with Crippen molar-refractivity contribution in [3.8, 4) is 0 Å². The van der Waals surface area contributed by atoms with Crippen molar-refractivity contribution in [2.45, 2.75) is 0 Å². The molecule has 0 radical (unpaired) electrons. The van der Waals surface area contributed by atoms with E-state index in [2.05, 4.69) is 5.32 Å². The second-order valence-electron chi connectivity index (χ2n) is 4.36. The Hall–Kier alpha value is -1.70. The lowest BCUT2D eigenvalue weighted by Gasteiger charge is -2.21. The van der Waals surface area contributed by atoms with Crippen LogP contribution in [0.2, 0.25) is 5.02 Å². The average molecular weight is 333 g/mol. The Morgan fingerprint density at radius 1 is 1.23 bits per heavy atom. The molecule has 0 unspecified atom stereocenters. The first-order valence-corrected chi connectivity index (χ1v) is 6.90. The first kappa shape index (κ1) is 18.3. The molecule has 0 saturated heterocycles. The van der Waals surface area contributed by atoms with Crippen LogP contribution in [0.15, 0.2) is 18.2 Å². The Bertz CT molecular complexity index is 520. The summed E-state index contributed by atoms with van der Waals surface area (Å²) in [7, 11) is 3.00. The summed E-state index contributed by atoms with van der Waals surface area (Å²) in [5.74, 6) is -2.17. The number of nitrogens with zero attached hydrogens (tertiary/aromatic N) is 1. The molecule has 1 rings (SSSR count). The van der Waals surface area contributed by atoms with Crippen LogP contribution in [0.3, 0.4) is 0 Å². The van der Waals surface area contributed by atoms with Gasteiger partial charge in [0.25, 0.3) is 0 Å². The maximum atomic E-state index is 13.1. The van der Waals surface area contributed by atoms with Gasteiger partial charge in [-0.25, -0.2) is 4.39 Å². The lowest BCUT2D eigenvalue weighted by atomic mass is 10.3. The Kier molecular flexibility index (Phi) is 7.79. The van der Waals surface area contributed by atoms with Gasteiger partial charge in [0.2, 0.25) is 0 Å². The molecule has 0 atom stereocenters. The van der Waals surface area contributed by atoms with Crippen LogP contribution in [0.4, 0.5) is 10.1 Å². The minimum absolute atomic E-state index is 0.138. The zero-order chi connectivity index (χ0) is 16.5. The monoisotopic (exact) mass is 332 g/mol. The molecule has 0 bridgehead atoms. The van der Waals surface area contributed by atoms with Gasteiger partial charge in [-0.05, 0) is 18.2 Å². The van der Waals surface area contributed by atoms with Gasteiger partial charge in [0.1, 0.15) is 5.82 Å². The van der Waals surface area contributed by atoms with Gasteiger partial charge in [-0.3, -0.25) is 9.59 Å². The van der Waals surface area contributed by atoms with E-state index in [1.54, 1.807) is 0 Å². The highest BCUT2D eigenvalue weighted by Crippen LogP contribution is 2.19. The molecular weight excluding hydrogens is 315 g/mol. The third-order valence-corrected chi connectivity index (χ3v) is 3.08. The Morgan fingerprint density at radius 3 is 2.32 bits per heavy atom. The standard InChI is InChI=1S/C14H18ClFN2O4/c1-21-7-5-18(6-8-22-2)14(20)13(19)17-10-3-4-12(16)11(15)9-10/h3-4,9H,5-8H2,1-2H3,(H,17,19). The minimum Gasteiger partial charge on any atom is -0.383 e. The molecule has 8 heteroatoms. The van der Waals surface area contributed by atoms with Gasteiger partial charge in [-0.1, -0.05) is 11.6 Å². The summed E-state index contributed by atoms with van der Waals surface area (Å²) in [6.07, 6.45) is 0. The number of rotatable bonds is 7. The molecule has 0 aliphatic rings. The van der Waals surface area contributed by atoms with Crippen LogP contribution in [0.5, 0.6) is 0 Å². The second kappa shape index (κ2) is 9.34. The molecule has 2 amide bonds. The maximum absolute atomic E-state index is 13.1. The van der Waals surface area contributed by atoms with Gasteiger partial charge < -0.3 is 19.7 Å². The molecule has 1 aromatic carbocycles. The van der Waals surface area contributed by atoms with Gasteiger partial charge >= 0.3 is 11.8 Å². The highest BCUT2D eigenvalue weighted by Gasteiger charge is 2.21. The van der Waals surface area contributed by atoms with Crippen LogP contribution >= 0.6 is 11.6 Å². The molecule has 22 heavy (non-hydrogen) atoms. The van der Waals surface area contributed by atoms with Crippen molar-refractivity contribution in [1.82, 2.24) is 4.90 Å². The van der Waals surface area contributed by atoms with E-state index in [4.69, 9.17) is 21.1 Å². The predicted molar refractivity (Wildman–Crippen MR) is 80.4 cm³/mol. The number of methoxy groups -OCH3 is 2. The molecular formula is C14H18ClFN2O4. The van der Waals surface area contributed by atoms with Crippen LogP contribution in [0.1, 0.15) is 0 Å². The number of nitrogens with one attached hydrogen (secondary N) is 1. The first-order valence-electron chi connectivity index (χ1n) is 6.52. The summed E-state index contributed by atoms with van der Waals surface area (Å²) < 4.78 is 22.9. The zero-order valence-electron chi connectivity index (χ0n) is 12.4. The Morgan fingerprint density at radius 2 is 1.82 bits per heavy atom. The molecule has 0 fully saturated rings. The molecule has 1 aromatic rings. The summed E-state index contributed by atoms with van der Waals surface area (Å²) in [4.78, 5) is 25.4. The van der Waals surface area contributed by atoms with Gasteiger partial charge in [-0.15, -0.1) is 0 Å². The molecule has 0 heterocycles. The number of anilines is 1. The van der Waals surface area contributed by atoms with Crippen molar-refractivity contribution in [2.24, 2.45) is 0 Å². The largest absolute Gasteiger partial charge is 0.383 e. The topological polar surface area (TPSA) is 67.9 Å². The van der Waals surface area contributed by atoms with E-state index in [1.165, 1.54) is 31.3 Å². The fraction of sp³-hybridized carbons (Fsp3) is 0.429. The van der Waals surface area contributed by atoms with E-state index >= 15 is 0 Å². The summed E-state index contributed by atoms with van der Waals surface area (Å²) >= 11 is 5.62. The number of carbonyl (C=O) groups excluding carboxylic acids is 2. The molecule has 0 spiro atoms. The average Bonchev–Trinajstić information content (AvgIpc) is 2.50. The zero-order valence-corrected chi connectivity index (χ0v) is 13.2. The van der Waals surface area contributed by atoms with Crippen LogP contribution in [0, 0.1) is 5.82 Å². The molecule has 0 saturated carbocycles. The third kappa shape index (κ3) is 5.59. The van der Waals surface area contributed by atoms with Crippen LogP contribution < -0.4 is 5.32 Å². The number of halogens is 2. The first-order chi connectivity index (χ1) is 10.5. The molecule has 122 valence electrons. The van der Waals surface area contributed by atoms with Crippen LogP contribution in [0.25, 0.3) is 0 Å². The molecule has 1 N–H and O–H groups in total. The minimum atomic E-state index is -0.838. The van der Waals surface area contributed by atoms with E-state index in [0.29, 0.717) is 13.2 Å². The van der Waals surface area contributed by atoms with E-state index in [-0.39, 0.29) is 23.8 Å². The Labute approximate surface area is 133 Å². The fourth-order valence-electron chi connectivity index (χ4n) is 1.62. The summed E-state index contributed by atoms with van der Waals surface area (Å²) in [6, 6.07) is 3.66. The van der Waals surface area contributed by atoms with Crippen molar-refractivity contribution in [1.29, 1.82) is 0 Å². The van der Waals surface area contributed by atoms with E-state index in [1.807, 2.05) is 0 Å². The SMILES string of the molecule is COCCN(CCOC)C(=O)C(=O)Nc1ccc(F)c(Cl)c1. The molecule has 0 aliphatic carbocycles. The van der Waals surface area contributed by atoms with Crippen molar-refractivity contribution in [3.05, 3.63) is 29.0 Å². The van der Waals surface area contributed by atoms with E-state index < -0.39 is 17.6 Å². The van der Waals surface area contributed by atoms with Crippen LogP contribution in [-0.4, -0.2) is 57.2 Å². The van der Waals surface area contributed by atoms with Crippen molar-refractivity contribution < 1.29 is 23.5 Å². The molecule has 0 aliphatic heterocycles. The Balaban J connectivity index is 2.70. The summed E-state index contributed by atoms with van der Waals surface area (Å²) in [5, 5.41) is 2.24. The fourth-order valence-corrected chi connectivity index (χ4v) is 1.80. The predicted octanol–water partition coefficient (Wildman–Crippen LogP) is 1.54. The number of hydrogen-bond acceptors (Lipinski definition) is 4. The van der Waals surface area contributed by atoms with Crippen LogP contribution in [-0.2, 0) is 19.1 Å². The third-order valence-electron chi connectivity index (χ3n) is 2.79. The smallest absolute Gasteiger partial charge is 0.313 e. The highest BCUT2D eigenvalue weighted by molar-refractivity contribution is 6.39. The normalized spacial score (nSPS) is 10.4. The van der Waals surface area contributed by atoms with Gasteiger partial charge in [0, 0.05) is 33.0 Å².